The standard InChI is InChI=1S/C18H15FO5/c1-21-15-7-5-11(17(22-2)18(15)23-3)16-9-13(20)12-8-10(19)4-6-14(12)24-16/h4-9H,1-3H3. The lowest BCUT2D eigenvalue weighted by Crippen LogP contribution is -2.02. The molecule has 0 aliphatic carbocycles. The Kier molecular flexibility index (Phi) is 4.12. The van der Waals surface area contributed by atoms with Crippen LogP contribution >= 0.6 is 0 Å². The largest absolute Gasteiger partial charge is 0.493 e. The summed E-state index contributed by atoms with van der Waals surface area (Å²) in [7, 11) is 4.49. The SMILES string of the molecule is COc1ccc(-c2cc(=O)c3cc(F)ccc3o2)c(OC)c1OC. The highest BCUT2D eigenvalue weighted by Gasteiger charge is 2.19. The smallest absolute Gasteiger partial charge is 0.204 e. The van der Waals surface area contributed by atoms with Crippen LogP contribution in [0.3, 0.4) is 0 Å². The molecule has 0 unspecified atom stereocenters. The minimum absolute atomic E-state index is 0.179. The van der Waals surface area contributed by atoms with E-state index in [9.17, 15) is 9.18 Å². The van der Waals surface area contributed by atoms with E-state index in [1.54, 1.807) is 12.1 Å². The van der Waals surface area contributed by atoms with Crippen LogP contribution in [0, 0.1) is 5.82 Å². The molecule has 0 aliphatic rings. The number of ether oxygens (including phenoxy) is 3. The van der Waals surface area contributed by atoms with Gasteiger partial charge in [0.2, 0.25) is 5.75 Å². The summed E-state index contributed by atoms with van der Waals surface area (Å²) in [5, 5.41) is 0.179. The van der Waals surface area contributed by atoms with Gasteiger partial charge in [0.05, 0.1) is 32.3 Å². The second-order valence-corrected chi connectivity index (χ2v) is 5.00. The fraction of sp³-hybridized carbons (Fsp3) is 0.167. The van der Waals surface area contributed by atoms with Gasteiger partial charge in [0.1, 0.15) is 17.2 Å². The molecule has 0 fully saturated rings. The van der Waals surface area contributed by atoms with E-state index in [1.807, 2.05) is 0 Å². The molecule has 0 bridgehead atoms. The Morgan fingerprint density at radius 2 is 1.67 bits per heavy atom. The van der Waals surface area contributed by atoms with Crippen LogP contribution in [0.4, 0.5) is 4.39 Å². The maximum atomic E-state index is 13.3. The van der Waals surface area contributed by atoms with Crippen molar-refractivity contribution in [2.75, 3.05) is 21.3 Å². The topological polar surface area (TPSA) is 57.9 Å². The summed E-state index contributed by atoms with van der Waals surface area (Å²) >= 11 is 0. The summed E-state index contributed by atoms with van der Waals surface area (Å²) < 4.78 is 35.0. The lowest BCUT2D eigenvalue weighted by molar-refractivity contribution is 0.325. The third-order valence-corrected chi connectivity index (χ3v) is 3.66. The number of benzene rings is 2. The number of hydrogen-bond acceptors (Lipinski definition) is 5. The molecule has 124 valence electrons. The molecule has 0 N–H and O–H groups in total. The molecule has 1 heterocycles. The van der Waals surface area contributed by atoms with Crippen molar-refractivity contribution in [3.63, 3.8) is 0 Å². The summed E-state index contributed by atoms with van der Waals surface area (Å²) in [6.07, 6.45) is 0. The molecule has 24 heavy (non-hydrogen) atoms. The first-order chi connectivity index (χ1) is 11.6. The Morgan fingerprint density at radius 3 is 2.33 bits per heavy atom. The number of methoxy groups -OCH3 is 3. The van der Waals surface area contributed by atoms with E-state index in [1.165, 1.54) is 39.5 Å². The highest BCUT2D eigenvalue weighted by molar-refractivity contribution is 5.81. The average molecular weight is 330 g/mol. The predicted octanol–water partition coefficient (Wildman–Crippen LogP) is 3.62. The Hall–Kier alpha value is -3.02. The summed E-state index contributed by atoms with van der Waals surface area (Å²) in [6, 6.07) is 8.49. The maximum absolute atomic E-state index is 13.3. The molecule has 6 heteroatoms. The van der Waals surface area contributed by atoms with Gasteiger partial charge in [-0.3, -0.25) is 4.79 Å². The Labute approximate surface area is 137 Å². The molecule has 2 aromatic carbocycles. The molecule has 0 aliphatic heterocycles. The van der Waals surface area contributed by atoms with Gasteiger partial charge in [0, 0.05) is 6.07 Å². The normalized spacial score (nSPS) is 10.7. The second kappa shape index (κ2) is 6.23. The van der Waals surface area contributed by atoms with Gasteiger partial charge in [-0.15, -0.1) is 0 Å². The molecule has 0 atom stereocenters. The number of fused-ring (bicyclic) bond motifs is 1. The van der Waals surface area contributed by atoms with E-state index in [2.05, 4.69) is 0 Å². The van der Waals surface area contributed by atoms with Crippen molar-refractivity contribution in [2.24, 2.45) is 0 Å². The quantitative estimate of drug-likeness (QED) is 0.731. The van der Waals surface area contributed by atoms with Crippen molar-refractivity contribution in [1.82, 2.24) is 0 Å². The van der Waals surface area contributed by atoms with Crippen molar-refractivity contribution in [2.45, 2.75) is 0 Å². The number of halogens is 1. The van der Waals surface area contributed by atoms with Crippen molar-refractivity contribution in [3.05, 3.63) is 52.4 Å². The van der Waals surface area contributed by atoms with Crippen molar-refractivity contribution >= 4 is 11.0 Å². The van der Waals surface area contributed by atoms with Gasteiger partial charge in [-0.1, -0.05) is 0 Å². The van der Waals surface area contributed by atoms with Gasteiger partial charge in [-0.25, -0.2) is 4.39 Å². The van der Waals surface area contributed by atoms with Crippen molar-refractivity contribution in [3.8, 4) is 28.6 Å². The first-order valence-electron chi connectivity index (χ1n) is 7.11. The minimum Gasteiger partial charge on any atom is -0.493 e. The zero-order chi connectivity index (χ0) is 17.3. The minimum atomic E-state index is -0.494. The van der Waals surface area contributed by atoms with Gasteiger partial charge in [-0.05, 0) is 30.3 Å². The van der Waals surface area contributed by atoms with Crippen molar-refractivity contribution < 1.29 is 23.0 Å². The molecule has 0 radical (unpaired) electrons. The molecule has 3 rings (SSSR count). The van der Waals surface area contributed by atoms with Gasteiger partial charge < -0.3 is 18.6 Å². The van der Waals surface area contributed by atoms with E-state index in [0.717, 1.165) is 6.07 Å². The highest BCUT2D eigenvalue weighted by Crippen LogP contribution is 2.44. The highest BCUT2D eigenvalue weighted by atomic mass is 19.1. The van der Waals surface area contributed by atoms with Crippen LogP contribution in [-0.2, 0) is 0 Å². The third kappa shape index (κ3) is 2.56. The monoisotopic (exact) mass is 330 g/mol. The summed E-state index contributed by atoms with van der Waals surface area (Å²) in [5.41, 5.74) is 0.469. The molecule has 0 spiro atoms. The van der Waals surface area contributed by atoms with Crippen LogP contribution in [0.15, 0.2) is 45.6 Å². The second-order valence-electron chi connectivity index (χ2n) is 5.00. The van der Waals surface area contributed by atoms with E-state index < -0.39 is 5.82 Å². The Balaban J connectivity index is 2.28. The molecule has 0 saturated heterocycles. The molecular weight excluding hydrogens is 315 g/mol. The van der Waals surface area contributed by atoms with Crippen LogP contribution in [0.5, 0.6) is 17.2 Å². The first-order valence-corrected chi connectivity index (χ1v) is 7.11. The Bertz CT molecular complexity index is 962. The van der Waals surface area contributed by atoms with E-state index in [-0.39, 0.29) is 22.2 Å². The van der Waals surface area contributed by atoms with Crippen LogP contribution < -0.4 is 19.6 Å². The predicted molar refractivity (Wildman–Crippen MR) is 87.5 cm³/mol. The van der Waals surface area contributed by atoms with Gasteiger partial charge in [-0.2, -0.15) is 0 Å². The van der Waals surface area contributed by atoms with Crippen LogP contribution in [0.1, 0.15) is 0 Å². The zero-order valence-electron chi connectivity index (χ0n) is 13.4. The maximum Gasteiger partial charge on any atom is 0.204 e. The summed E-state index contributed by atoms with van der Waals surface area (Å²) in [4.78, 5) is 12.3. The number of hydrogen-bond donors (Lipinski definition) is 0. The van der Waals surface area contributed by atoms with Crippen molar-refractivity contribution in [1.29, 1.82) is 0 Å². The molecule has 0 saturated carbocycles. The molecule has 3 aromatic rings. The van der Waals surface area contributed by atoms with Crippen LogP contribution in [0.2, 0.25) is 0 Å². The van der Waals surface area contributed by atoms with Gasteiger partial charge in [0.25, 0.3) is 0 Å². The summed E-state index contributed by atoms with van der Waals surface area (Å²) in [5.74, 6) is 1.05. The summed E-state index contributed by atoms with van der Waals surface area (Å²) in [6.45, 7) is 0. The van der Waals surface area contributed by atoms with Gasteiger partial charge in [0.15, 0.2) is 16.9 Å². The first kappa shape index (κ1) is 15.9. The fourth-order valence-electron chi connectivity index (χ4n) is 2.56. The lowest BCUT2D eigenvalue weighted by atomic mass is 10.1. The molecule has 0 amide bonds. The molecule has 1 aromatic heterocycles. The van der Waals surface area contributed by atoms with Crippen LogP contribution in [-0.4, -0.2) is 21.3 Å². The third-order valence-electron chi connectivity index (χ3n) is 3.66. The Morgan fingerprint density at radius 1 is 0.917 bits per heavy atom. The fourth-order valence-corrected chi connectivity index (χ4v) is 2.56. The number of rotatable bonds is 4. The van der Waals surface area contributed by atoms with Crippen LogP contribution in [0.25, 0.3) is 22.3 Å². The lowest BCUT2D eigenvalue weighted by Gasteiger charge is -2.15. The molecular formula is C18H15FO5. The average Bonchev–Trinajstić information content (AvgIpc) is 2.60. The molecule has 5 nitrogen and oxygen atoms in total. The van der Waals surface area contributed by atoms with E-state index in [0.29, 0.717) is 22.8 Å². The zero-order valence-corrected chi connectivity index (χ0v) is 13.4. The van der Waals surface area contributed by atoms with E-state index in [4.69, 9.17) is 18.6 Å². The van der Waals surface area contributed by atoms with E-state index >= 15 is 0 Å². The van der Waals surface area contributed by atoms with Gasteiger partial charge >= 0.3 is 0 Å².